The second-order valence-corrected chi connectivity index (χ2v) is 4.37. The number of nitro benzene ring substituents is 1. The van der Waals surface area contributed by atoms with Crippen LogP contribution in [0, 0.1) is 15.9 Å². The number of nitro groups is 1. The number of anilines is 2. The molecule has 108 valence electrons. The van der Waals surface area contributed by atoms with Crippen molar-refractivity contribution < 1.29 is 14.1 Å². The van der Waals surface area contributed by atoms with Gasteiger partial charge in [0.2, 0.25) is 0 Å². The summed E-state index contributed by atoms with van der Waals surface area (Å²) in [4.78, 5) is 25.6. The van der Waals surface area contributed by atoms with Crippen molar-refractivity contribution in [2.24, 2.45) is 0 Å². The van der Waals surface area contributed by atoms with E-state index in [1.165, 1.54) is 12.3 Å². The molecule has 1 aromatic heterocycles. The summed E-state index contributed by atoms with van der Waals surface area (Å²) in [5.41, 5.74) is 4.73. The highest BCUT2D eigenvalue weighted by Gasteiger charge is 2.16. The number of nitrogens with one attached hydrogen (secondary N) is 1. The molecule has 0 aliphatic rings. The highest BCUT2D eigenvalue weighted by molar-refractivity contribution is 6.34. The molecule has 9 heteroatoms. The molecule has 2 aromatic rings. The number of pyridine rings is 1. The Morgan fingerprint density at radius 3 is 2.81 bits per heavy atom. The summed E-state index contributed by atoms with van der Waals surface area (Å²) in [6, 6.07) is 4.00. The molecule has 0 bridgehead atoms. The lowest BCUT2D eigenvalue weighted by atomic mass is 10.2. The molecule has 0 radical (unpaired) electrons. The van der Waals surface area contributed by atoms with Crippen molar-refractivity contribution >= 4 is 34.7 Å². The van der Waals surface area contributed by atoms with Gasteiger partial charge in [0.1, 0.15) is 11.6 Å². The summed E-state index contributed by atoms with van der Waals surface area (Å²) >= 11 is 5.80. The molecule has 0 aliphatic heterocycles. The van der Waals surface area contributed by atoms with Gasteiger partial charge in [0.05, 0.1) is 21.2 Å². The zero-order valence-electron chi connectivity index (χ0n) is 10.3. The summed E-state index contributed by atoms with van der Waals surface area (Å²) in [5, 5.41) is 12.9. The van der Waals surface area contributed by atoms with Crippen molar-refractivity contribution in [3.8, 4) is 0 Å². The molecular weight excluding hydrogens is 303 g/mol. The maximum absolute atomic E-state index is 13.6. The Hall–Kier alpha value is -2.74. The highest BCUT2D eigenvalue weighted by atomic mass is 35.5. The number of hydrogen-bond donors (Lipinski definition) is 2. The van der Waals surface area contributed by atoms with Crippen molar-refractivity contribution in [1.82, 2.24) is 4.98 Å². The quantitative estimate of drug-likeness (QED) is 0.668. The second kappa shape index (κ2) is 5.71. The van der Waals surface area contributed by atoms with E-state index in [0.29, 0.717) is 0 Å². The molecule has 1 heterocycles. The fourth-order valence-corrected chi connectivity index (χ4v) is 1.73. The zero-order chi connectivity index (χ0) is 15.6. The van der Waals surface area contributed by atoms with E-state index in [1.807, 2.05) is 0 Å². The average Bonchev–Trinajstić information content (AvgIpc) is 2.43. The monoisotopic (exact) mass is 310 g/mol. The van der Waals surface area contributed by atoms with Crippen LogP contribution < -0.4 is 11.1 Å². The van der Waals surface area contributed by atoms with Crippen molar-refractivity contribution in [2.45, 2.75) is 0 Å². The number of nitrogens with two attached hydrogens (primary N) is 1. The minimum absolute atomic E-state index is 0.0185. The van der Waals surface area contributed by atoms with Gasteiger partial charge in [0.15, 0.2) is 0 Å². The number of non-ortho nitro benzene ring substituents is 1. The lowest BCUT2D eigenvalue weighted by Gasteiger charge is -2.08. The number of hydrogen-bond acceptors (Lipinski definition) is 5. The van der Waals surface area contributed by atoms with Gasteiger partial charge in [-0.1, -0.05) is 11.6 Å². The molecule has 0 spiro atoms. The number of nitrogen functional groups attached to an aromatic ring is 1. The Balaban J connectivity index is 2.33. The van der Waals surface area contributed by atoms with Crippen LogP contribution in [-0.4, -0.2) is 15.8 Å². The standard InChI is InChI=1S/C12H8ClFN4O3/c13-8-5-16-11(15)4-7(8)12(19)17-10-3-6(18(20)21)1-2-9(10)14/h1-5H,(H2,15,16)(H,17,19). The van der Waals surface area contributed by atoms with E-state index < -0.39 is 16.6 Å². The van der Waals surface area contributed by atoms with Crippen LogP contribution in [0.15, 0.2) is 30.5 Å². The average molecular weight is 311 g/mol. The first-order chi connectivity index (χ1) is 9.88. The SMILES string of the molecule is Nc1cc(C(=O)Nc2cc([N+](=O)[O-])ccc2F)c(Cl)cn1. The van der Waals surface area contributed by atoms with E-state index in [2.05, 4.69) is 10.3 Å². The first kappa shape index (κ1) is 14.7. The van der Waals surface area contributed by atoms with Crippen LogP contribution in [0.4, 0.5) is 21.6 Å². The topological polar surface area (TPSA) is 111 Å². The molecule has 2 rings (SSSR count). The number of carbonyl (C=O) groups is 1. The normalized spacial score (nSPS) is 10.2. The fraction of sp³-hybridized carbons (Fsp3) is 0. The number of halogens is 2. The molecule has 1 amide bonds. The van der Waals surface area contributed by atoms with Gasteiger partial charge in [0.25, 0.3) is 11.6 Å². The van der Waals surface area contributed by atoms with Gasteiger partial charge < -0.3 is 11.1 Å². The lowest BCUT2D eigenvalue weighted by Crippen LogP contribution is -2.14. The van der Waals surface area contributed by atoms with Gasteiger partial charge >= 0.3 is 0 Å². The molecule has 7 nitrogen and oxygen atoms in total. The molecule has 1 aromatic carbocycles. The second-order valence-electron chi connectivity index (χ2n) is 3.96. The van der Waals surface area contributed by atoms with Crippen molar-refractivity contribution in [2.75, 3.05) is 11.1 Å². The Bertz CT molecular complexity index is 738. The van der Waals surface area contributed by atoms with Crippen molar-refractivity contribution in [3.63, 3.8) is 0 Å². The zero-order valence-corrected chi connectivity index (χ0v) is 11.1. The van der Waals surface area contributed by atoms with E-state index in [4.69, 9.17) is 17.3 Å². The van der Waals surface area contributed by atoms with Crippen LogP contribution in [0.3, 0.4) is 0 Å². The number of aromatic nitrogens is 1. The Kier molecular flexibility index (Phi) is 3.99. The lowest BCUT2D eigenvalue weighted by molar-refractivity contribution is -0.384. The number of nitrogens with zero attached hydrogens (tertiary/aromatic N) is 2. The molecule has 0 aliphatic carbocycles. The van der Waals surface area contributed by atoms with Crippen LogP contribution in [0.2, 0.25) is 5.02 Å². The van der Waals surface area contributed by atoms with Crippen LogP contribution in [0.5, 0.6) is 0 Å². The van der Waals surface area contributed by atoms with E-state index in [0.717, 1.165) is 18.2 Å². The van der Waals surface area contributed by atoms with E-state index >= 15 is 0 Å². The van der Waals surface area contributed by atoms with Gasteiger partial charge in [0, 0.05) is 18.3 Å². The summed E-state index contributed by atoms with van der Waals surface area (Å²) in [6.45, 7) is 0. The maximum Gasteiger partial charge on any atom is 0.271 e. The summed E-state index contributed by atoms with van der Waals surface area (Å²) in [7, 11) is 0. The van der Waals surface area contributed by atoms with Crippen molar-refractivity contribution in [1.29, 1.82) is 0 Å². The molecule has 0 unspecified atom stereocenters. The Labute approximate surface area is 122 Å². The number of amides is 1. The molecular formula is C12H8ClFN4O3. The third kappa shape index (κ3) is 3.23. The summed E-state index contributed by atoms with van der Waals surface area (Å²) < 4.78 is 13.6. The third-order valence-corrected chi connectivity index (χ3v) is 2.83. The smallest absolute Gasteiger partial charge is 0.271 e. The van der Waals surface area contributed by atoms with Crippen LogP contribution in [0.25, 0.3) is 0 Å². The minimum atomic E-state index is -0.813. The van der Waals surface area contributed by atoms with Crippen LogP contribution in [0.1, 0.15) is 10.4 Å². The van der Waals surface area contributed by atoms with Crippen LogP contribution >= 0.6 is 11.6 Å². The summed E-state index contributed by atoms with van der Waals surface area (Å²) in [5.74, 6) is -1.51. The molecule has 3 N–H and O–H groups in total. The number of benzene rings is 1. The minimum Gasteiger partial charge on any atom is -0.384 e. The molecule has 0 fully saturated rings. The fourth-order valence-electron chi connectivity index (χ4n) is 1.54. The molecule has 0 atom stereocenters. The number of rotatable bonds is 3. The molecule has 0 saturated heterocycles. The third-order valence-electron chi connectivity index (χ3n) is 2.53. The number of carbonyl (C=O) groups excluding carboxylic acids is 1. The Morgan fingerprint density at radius 2 is 2.14 bits per heavy atom. The van der Waals surface area contributed by atoms with Gasteiger partial charge in [-0.2, -0.15) is 0 Å². The van der Waals surface area contributed by atoms with E-state index in [9.17, 15) is 19.3 Å². The van der Waals surface area contributed by atoms with Gasteiger partial charge in [-0.3, -0.25) is 14.9 Å². The van der Waals surface area contributed by atoms with Crippen molar-refractivity contribution in [3.05, 3.63) is 57.0 Å². The highest BCUT2D eigenvalue weighted by Crippen LogP contribution is 2.23. The molecule has 21 heavy (non-hydrogen) atoms. The largest absolute Gasteiger partial charge is 0.384 e. The van der Waals surface area contributed by atoms with Crippen LogP contribution in [-0.2, 0) is 0 Å². The predicted molar refractivity (Wildman–Crippen MR) is 74.7 cm³/mol. The summed E-state index contributed by atoms with van der Waals surface area (Å²) in [6.07, 6.45) is 1.18. The molecule has 0 saturated carbocycles. The predicted octanol–water partition coefficient (Wildman–Crippen LogP) is 2.62. The first-order valence-corrected chi connectivity index (χ1v) is 5.92. The maximum atomic E-state index is 13.6. The Morgan fingerprint density at radius 1 is 1.43 bits per heavy atom. The van der Waals surface area contributed by atoms with Gasteiger partial charge in [-0.05, 0) is 12.1 Å². The first-order valence-electron chi connectivity index (χ1n) is 5.55. The van der Waals surface area contributed by atoms with Gasteiger partial charge in [-0.15, -0.1) is 0 Å². The van der Waals surface area contributed by atoms with E-state index in [-0.39, 0.29) is 27.8 Å². The van der Waals surface area contributed by atoms with E-state index in [1.54, 1.807) is 0 Å². The van der Waals surface area contributed by atoms with Gasteiger partial charge in [-0.25, -0.2) is 9.37 Å².